The summed E-state index contributed by atoms with van der Waals surface area (Å²) in [6, 6.07) is 13.8. The number of hydrogen-bond donors (Lipinski definition) is 1. The zero-order valence-corrected chi connectivity index (χ0v) is 16.2. The molecule has 28 heavy (non-hydrogen) atoms. The SMILES string of the molecule is CCCN1C(=O)c2ccccc2N2C(=O)CCC12C(=O)Nc1cccc(Cl)c1. The number of fused-ring (bicyclic) bond motifs is 3. The Labute approximate surface area is 168 Å². The van der Waals surface area contributed by atoms with E-state index in [0.717, 1.165) is 0 Å². The van der Waals surface area contributed by atoms with Crippen LogP contribution >= 0.6 is 11.6 Å². The largest absolute Gasteiger partial charge is 0.322 e. The summed E-state index contributed by atoms with van der Waals surface area (Å²) in [5.41, 5.74) is 0.0795. The van der Waals surface area contributed by atoms with Crippen molar-refractivity contribution in [3.63, 3.8) is 0 Å². The van der Waals surface area contributed by atoms with Gasteiger partial charge < -0.3 is 10.2 Å². The molecule has 4 rings (SSSR count). The first kappa shape index (κ1) is 18.5. The van der Waals surface area contributed by atoms with Gasteiger partial charge in [0.1, 0.15) is 0 Å². The summed E-state index contributed by atoms with van der Waals surface area (Å²) in [5.74, 6) is -0.802. The number of benzene rings is 2. The van der Waals surface area contributed by atoms with Crippen LogP contribution in [0, 0.1) is 0 Å². The number of amides is 3. The van der Waals surface area contributed by atoms with E-state index >= 15 is 0 Å². The van der Waals surface area contributed by atoms with Crippen LogP contribution in [0.4, 0.5) is 11.4 Å². The molecule has 0 radical (unpaired) electrons. The first-order valence-electron chi connectivity index (χ1n) is 9.30. The summed E-state index contributed by atoms with van der Waals surface area (Å²) in [5, 5.41) is 3.35. The molecule has 144 valence electrons. The lowest BCUT2D eigenvalue weighted by Crippen LogP contribution is -2.69. The van der Waals surface area contributed by atoms with E-state index in [4.69, 9.17) is 11.6 Å². The minimum absolute atomic E-state index is 0.165. The molecule has 0 aliphatic carbocycles. The quantitative estimate of drug-likeness (QED) is 0.855. The van der Waals surface area contributed by atoms with E-state index in [1.807, 2.05) is 6.92 Å². The van der Waals surface area contributed by atoms with Gasteiger partial charge in [0.05, 0.1) is 11.3 Å². The first-order valence-corrected chi connectivity index (χ1v) is 9.68. The third-order valence-electron chi connectivity index (χ3n) is 5.27. The van der Waals surface area contributed by atoms with E-state index in [1.54, 1.807) is 53.4 Å². The van der Waals surface area contributed by atoms with E-state index in [1.165, 1.54) is 4.90 Å². The molecule has 2 aliphatic rings. The van der Waals surface area contributed by atoms with Crippen LogP contribution in [0.25, 0.3) is 0 Å². The highest BCUT2D eigenvalue weighted by atomic mass is 35.5. The fourth-order valence-corrected chi connectivity index (χ4v) is 4.30. The number of rotatable bonds is 4. The molecule has 0 spiro atoms. The predicted molar refractivity (Wildman–Crippen MR) is 107 cm³/mol. The lowest BCUT2D eigenvalue weighted by atomic mass is 9.95. The molecule has 1 atom stereocenters. The fourth-order valence-electron chi connectivity index (χ4n) is 4.11. The Morgan fingerprint density at radius 1 is 1.18 bits per heavy atom. The highest BCUT2D eigenvalue weighted by molar-refractivity contribution is 6.31. The van der Waals surface area contributed by atoms with Gasteiger partial charge in [0.2, 0.25) is 11.6 Å². The summed E-state index contributed by atoms with van der Waals surface area (Å²) in [6.45, 7) is 2.32. The van der Waals surface area contributed by atoms with Gasteiger partial charge in [-0.1, -0.05) is 36.7 Å². The van der Waals surface area contributed by atoms with Crippen molar-refractivity contribution in [3.05, 3.63) is 59.1 Å². The third kappa shape index (κ3) is 2.67. The maximum Gasteiger partial charge on any atom is 0.271 e. The van der Waals surface area contributed by atoms with Crippen LogP contribution in [0.1, 0.15) is 36.5 Å². The molecule has 0 bridgehead atoms. The van der Waals surface area contributed by atoms with Crippen LogP contribution in [0.3, 0.4) is 0 Å². The number of nitrogens with one attached hydrogen (secondary N) is 1. The highest BCUT2D eigenvalue weighted by Gasteiger charge is 2.60. The second kappa shape index (κ2) is 6.95. The Bertz CT molecular complexity index is 977. The standard InChI is InChI=1S/C21H20ClN3O3/c1-2-12-24-19(27)16-8-3-4-9-17(16)25-18(26)10-11-21(24,25)20(28)23-15-7-5-6-14(22)13-15/h3-9,13H,2,10-12H2,1H3,(H,23,28). The summed E-state index contributed by atoms with van der Waals surface area (Å²) < 4.78 is 0. The lowest BCUT2D eigenvalue weighted by Gasteiger charge is -2.49. The van der Waals surface area contributed by atoms with Crippen molar-refractivity contribution in [2.75, 3.05) is 16.8 Å². The van der Waals surface area contributed by atoms with Crippen LogP contribution in [0.15, 0.2) is 48.5 Å². The normalized spacial score (nSPS) is 20.8. The fraction of sp³-hybridized carbons (Fsp3) is 0.286. The van der Waals surface area contributed by atoms with E-state index in [0.29, 0.717) is 34.9 Å². The van der Waals surface area contributed by atoms with Gasteiger partial charge in [0.25, 0.3) is 11.8 Å². The molecular formula is C21H20ClN3O3. The molecule has 2 heterocycles. The molecule has 1 fully saturated rings. The van der Waals surface area contributed by atoms with Gasteiger partial charge in [-0.25, -0.2) is 0 Å². The van der Waals surface area contributed by atoms with Gasteiger partial charge in [0.15, 0.2) is 0 Å². The van der Waals surface area contributed by atoms with Crippen LogP contribution < -0.4 is 10.2 Å². The summed E-state index contributed by atoms with van der Waals surface area (Å²) in [6.07, 6.45) is 1.12. The molecule has 1 unspecified atom stereocenters. The highest BCUT2D eigenvalue weighted by Crippen LogP contribution is 2.45. The van der Waals surface area contributed by atoms with Crippen molar-refractivity contribution in [2.24, 2.45) is 0 Å². The molecule has 6 nitrogen and oxygen atoms in total. The Kier molecular flexibility index (Phi) is 4.59. The van der Waals surface area contributed by atoms with Crippen molar-refractivity contribution >= 4 is 40.7 Å². The topological polar surface area (TPSA) is 69.7 Å². The molecule has 1 saturated heterocycles. The van der Waals surface area contributed by atoms with Gasteiger partial charge >= 0.3 is 0 Å². The third-order valence-corrected chi connectivity index (χ3v) is 5.50. The van der Waals surface area contributed by atoms with Crippen molar-refractivity contribution in [3.8, 4) is 0 Å². The second-order valence-electron chi connectivity index (χ2n) is 6.98. The average Bonchev–Trinajstić information content (AvgIpc) is 3.04. The molecule has 3 amide bonds. The van der Waals surface area contributed by atoms with E-state index < -0.39 is 11.6 Å². The number of halogens is 1. The minimum atomic E-state index is -1.37. The number of nitrogens with zero attached hydrogens (tertiary/aromatic N) is 2. The van der Waals surface area contributed by atoms with Gasteiger partial charge in [-0.2, -0.15) is 0 Å². The van der Waals surface area contributed by atoms with Gasteiger partial charge in [-0.3, -0.25) is 19.3 Å². The number of carbonyl (C=O) groups excluding carboxylic acids is 3. The van der Waals surface area contributed by atoms with Crippen LogP contribution in [0.2, 0.25) is 5.02 Å². The number of carbonyl (C=O) groups is 3. The zero-order chi connectivity index (χ0) is 19.9. The molecule has 0 saturated carbocycles. The Morgan fingerprint density at radius 2 is 1.96 bits per heavy atom. The summed E-state index contributed by atoms with van der Waals surface area (Å²) >= 11 is 6.03. The van der Waals surface area contributed by atoms with Crippen molar-refractivity contribution in [1.82, 2.24) is 4.90 Å². The van der Waals surface area contributed by atoms with Gasteiger partial charge in [-0.15, -0.1) is 0 Å². The van der Waals surface area contributed by atoms with Crippen LogP contribution in [-0.2, 0) is 9.59 Å². The maximum atomic E-state index is 13.5. The van der Waals surface area contributed by atoms with Crippen molar-refractivity contribution < 1.29 is 14.4 Å². The lowest BCUT2D eigenvalue weighted by molar-refractivity contribution is -0.128. The Hall–Kier alpha value is -2.86. The molecule has 0 aromatic heterocycles. The van der Waals surface area contributed by atoms with Gasteiger partial charge in [0, 0.05) is 30.1 Å². The Balaban J connectivity index is 1.84. The first-order chi connectivity index (χ1) is 13.5. The van der Waals surface area contributed by atoms with E-state index in [9.17, 15) is 14.4 Å². The molecule has 2 aromatic rings. The maximum absolute atomic E-state index is 13.5. The van der Waals surface area contributed by atoms with Gasteiger partial charge in [-0.05, 0) is 36.8 Å². The minimum Gasteiger partial charge on any atom is -0.322 e. The molecule has 2 aliphatic heterocycles. The number of hydrogen-bond acceptors (Lipinski definition) is 3. The summed E-state index contributed by atoms with van der Waals surface area (Å²) in [4.78, 5) is 42.7. The van der Waals surface area contributed by atoms with Crippen LogP contribution in [0.5, 0.6) is 0 Å². The average molecular weight is 398 g/mol. The van der Waals surface area contributed by atoms with Crippen molar-refractivity contribution in [2.45, 2.75) is 31.8 Å². The predicted octanol–water partition coefficient (Wildman–Crippen LogP) is 3.67. The zero-order valence-electron chi connectivity index (χ0n) is 15.4. The number of para-hydroxylation sites is 1. The van der Waals surface area contributed by atoms with E-state index in [2.05, 4.69) is 5.32 Å². The van der Waals surface area contributed by atoms with Crippen molar-refractivity contribution in [1.29, 1.82) is 0 Å². The molecule has 1 N–H and O–H groups in total. The monoisotopic (exact) mass is 397 g/mol. The van der Waals surface area contributed by atoms with Crippen LogP contribution in [-0.4, -0.2) is 34.8 Å². The van der Waals surface area contributed by atoms with E-state index in [-0.39, 0.29) is 24.7 Å². The summed E-state index contributed by atoms with van der Waals surface area (Å²) in [7, 11) is 0. The smallest absolute Gasteiger partial charge is 0.271 e. The molecule has 2 aromatic carbocycles. The second-order valence-corrected chi connectivity index (χ2v) is 7.42. The molecular weight excluding hydrogens is 378 g/mol. The number of anilines is 2. The Morgan fingerprint density at radius 3 is 2.71 bits per heavy atom. The molecule has 7 heteroatoms.